The summed E-state index contributed by atoms with van der Waals surface area (Å²) in [6.07, 6.45) is 3.18. The fraction of sp³-hybridized carbons (Fsp3) is 0.161. The van der Waals surface area contributed by atoms with Crippen LogP contribution < -0.4 is 4.40 Å². The first-order chi connectivity index (χ1) is 17.1. The second kappa shape index (κ2) is 12.0. The normalized spacial score (nSPS) is 11.5. The quantitative estimate of drug-likeness (QED) is 0.0921. The summed E-state index contributed by atoms with van der Waals surface area (Å²) in [5.74, 6) is 7.28. The number of aliphatic hydroxyl groups is 1. The molecule has 3 aromatic carbocycles. The van der Waals surface area contributed by atoms with E-state index in [1.54, 1.807) is 0 Å². The summed E-state index contributed by atoms with van der Waals surface area (Å²) in [5.41, 5.74) is 5.54. The van der Waals surface area contributed by atoms with Crippen molar-refractivity contribution in [1.82, 2.24) is 9.55 Å². The third-order valence-corrected chi connectivity index (χ3v) is 10.2. The van der Waals surface area contributed by atoms with Crippen LogP contribution in [0.2, 0.25) is 17.3 Å². The smallest absolute Gasteiger partial charge is 0 e. The fourth-order valence-corrected chi connectivity index (χ4v) is 6.67. The van der Waals surface area contributed by atoms with Crippen molar-refractivity contribution in [3.8, 4) is 16.9 Å². The van der Waals surface area contributed by atoms with Crippen LogP contribution in [0.4, 0.5) is 0 Å². The van der Waals surface area contributed by atoms with Gasteiger partial charge in [0.05, 0.1) is 5.76 Å². The molecule has 0 spiro atoms. The maximum atomic E-state index is 10.0. The third-order valence-electron chi connectivity index (χ3n) is 5.93. The molecule has 0 saturated carbocycles. The molecule has 0 bridgehead atoms. The van der Waals surface area contributed by atoms with Gasteiger partial charge in [-0.3, -0.25) is 4.79 Å². The van der Waals surface area contributed by atoms with Crippen molar-refractivity contribution in [1.29, 1.82) is 0 Å². The van der Waals surface area contributed by atoms with Crippen LogP contribution in [0.25, 0.3) is 38.8 Å². The zero-order chi connectivity index (χ0) is 25.9. The zero-order valence-corrected chi connectivity index (χ0v) is 26.2. The van der Waals surface area contributed by atoms with Gasteiger partial charge in [-0.1, -0.05) is 0 Å². The van der Waals surface area contributed by atoms with Crippen molar-refractivity contribution in [3.05, 3.63) is 103 Å². The predicted octanol–water partition coefficient (Wildman–Crippen LogP) is 7.23. The molecular weight excluding hydrogens is 697 g/mol. The Kier molecular flexibility index (Phi) is 9.30. The van der Waals surface area contributed by atoms with Crippen LogP contribution in [0.15, 0.2) is 96.9 Å². The van der Waals surface area contributed by atoms with E-state index in [0.717, 1.165) is 16.8 Å². The van der Waals surface area contributed by atoms with Gasteiger partial charge in [0.1, 0.15) is 0 Å². The molecule has 0 amide bonds. The second-order valence-electron chi connectivity index (χ2n) is 9.91. The average molecular weight is 728 g/mol. The van der Waals surface area contributed by atoms with Gasteiger partial charge in [0, 0.05) is 26.2 Å². The van der Waals surface area contributed by atoms with Crippen LogP contribution in [0, 0.1) is 6.07 Å². The molecule has 0 unspecified atom stereocenters. The van der Waals surface area contributed by atoms with E-state index in [1.807, 2.05) is 24.4 Å². The molecule has 2 heterocycles. The number of nitrogens with zero attached hydrogens (tertiary/aromatic N) is 2. The number of hydrogen-bond acceptors (Lipinski definition) is 3. The van der Waals surface area contributed by atoms with Crippen molar-refractivity contribution in [3.63, 3.8) is 0 Å². The third kappa shape index (κ3) is 6.67. The number of carbonyl (C=O) groups excluding carboxylic acids is 1. The number of benzene rings is 3. The molecule has 0 aliphatic heterocycles. The molecule has 0 atom stereocenters. The van der Waals surface area contributed by atoms with Crippen molar-refractivity contribution in [2.45, 2.75) is 31.1 Å². The Bertz CT molecular complexity index is 1550. The van der Waals surface area contributed by atoms with Crippen LogP contribution in [-0.4, -0.2) is 33.7 Å². The van der Waals surface area contributed by atoms with Gasteiger partial charge < -0.3 is 5.11 Å². The first-order valence-corrected chi connectivity index (χ1v) is 19.3. The van der Waals surface area contributed by atoms with Crippen LogP contribution >= 0.6 is 0 Å². The maximum absolute atomic E-state index is 10.0. The second-order valence-corrected chi connectivity index (χ2v) is 20.6. The van der Waals surface area contributed by atoms with E-state index in [4.69, 9.17) is 10.1 Å². The molecule has 0 aliphatic carbocycles. The van der Waals surface area contributed by atoms with Crippen LogP contribution in [-0.2, 0) is 24.9 Å². The molecule has 0 saturated heterocycles. The SMILES string of the molecule is CC(=O)/C=C(/C)O.[CH3][Ge]([CH3])([CH3])[c]1ccc2c(c1)c1cc(-c3[c-]cccc3)ncc1n2-c1ccccc1.[Ir]. The number of para-hydroxylation sites is 1. The van der Waals surface area contributed by atoms with Gasteiger partial charge in [-0.15, -0.1) is 0 Å². The van der Waals surface area contributed by atoms with E-state index in [1.165, 1.54) is 46.3 Å². The molecule has 191 valence electrons. The Hall–Kier alpha value is -2.99. The topological polar surface area (TPSA) is 55.1 Å². The number of hydrogen-bond donors (Lipinski definition) is 1. The van der Waals surface area contributed by atoms with Gasteiger partial charge in [-0.2, -0.15) is 0 Å². The summed E-state index contributed by atoms with van der Waals surface area (Å²) >= 11 is -1.95. The minimum Gasteiger partial charge on any atom is 0 e. The standard InChI is InChI=1S/C26H23GeN2.C5H8O2.Ir/c1-27(2,3)20-14-15-25-22(16-20)23-17-24(19-10-6-4-7-11-19)28-18-26(23)29(25)21-12-8-5-9-13-21;1-4(6)3-5(2)7;/h4-10,12-18H,1-3H3;3,6H,1-2H3;/q-1;;/b;4-3-;. The van der Waals surface area contributed by atoms with E-state index in [9.17, 15) is 4.79 Å². The number of rotatable bonds is 4. The minimum absolute atomic E-state index is 0. The summed E-state index contributed by atoms with van der Waals surface area (Å²) in [6.45, 7) is 2.85. The predicted molar refractivity (Wildman–Crippen MR) is 153 cm³/mol. The number of aliphatic hydroxyl groups excluding tert-OH is 1. The van der Waals surface area contributed by atoms with Gasteiger partial charge in [-0.05, 0) is 13.8 Å². The molecule has 1 radical (unpaired) electrons. The van der Waals surface area contributed by atoms with Crippen LogP contribution in [0.1, 0.15) is 13.8 Å². The van der Waals surface area contributed by atoms with Gasteiger partial charge in [0.15, 0.2) is 5.78 Å². The number of ketones is 1. The number of fused-ring (bicyclic) bond motifs is 3. The molecule has 37 heavy (non-hydrogen) atoms. The summed E-state index contributed by atoms with van der Waals surface area (Å²) in [6, 6.07) is 31.2. The molecule has 2 aromatic heterocycles. The number of pyridine rings is 1. The van der Waals surface area contributed by atoms with Crippen LogP contribution in [0.3, 0.4) is 0 Å². The molecule has 4 nitrogen and oxygen atoms in total. The largest absolute Gasteiger partial charge is 0 e. The Morgan fingerprint density at radius 1 is 0.919 bits per heavy atom. The van der Waals surface area contributed by atoms with E-state index in [2.05, 4.69) is 88.6 Å². The van der Waals surface area contributed by atoms with Crippen LogP contribution in [0.5, 0.6) is 0 Å². The molecule has 0 aliphatic rings. The maximum Gasteiger partial charge on any atom is 0 e. The Morgan fingerprint density at radius 3 is 2.16 bits per heavy atom. The summed E-state index contributed by atoms with van der Waals surface area (Å²) < 4.78 is 3.85. The van der Waals surface area contributed by atoms with E-state index < -0.39 is 13.3 Å². The molecule has 6 heteroatoms. The summed E-state index contributed by atoms with van der Waals surface area (Å²) in [4.78, 5) is 14.8. The molecule has 5 rings (SSSR count). The zero-order valence-electron chi connectivity index (χ0n) is 21.7. The fourth-order valence-electron chi connectivity index (χ4n) is 4.23. The van der Waals surface area contributed by atoms with Crippen molar-refractivity contribution in [2.75, 3.05) is 0 Å². The van der Waals surface area contributed by atoms with Crippen molar-refractivity contribution < 1.29 is 30.0 Å². The monoisotopic (exact) mass is 730 g/mol. The Balaban J connectivity index is 0.000000422. The van der Waals surface area contributed by atoms with Gasteiger partial charge >= 0.3 is 174 Å². The molecule has 0 fully saturated rings. The molecule has 1 N–H and O–H groups in total. The summed E-state index contributed by atoms with van der Waals surface area (Å²) in [7, 11) is 0. The molecule has 5 aromatic rings. The van der Waals surface area contributed by atoms with Crippen molar-refractivity contribution in [2.24, 2.45) is 0 Å². The number of allylic oxidation sites excluding steroid dienone is 2. The Morgan fingerprint density at radius 2 is 1.59 bits per heavy atom. The Labute approximate surface area is 234 Å². The van der Waals surface area contributed by atoms with Gasteiger partial charge in [0.2, 0.25) is 0 Å². The van der Waals surface area contributed by atoms with Crippen molar-refractivity contribution >= 4 is 45.3 Å². The van der Waals surface area contributed by atoms with Gasteiger partial charge in [0.25, 0.3) is 0 Å². The first-order valence-electron chi connectivity index (χ1n) is 12.0. The number of carbonyl (C=O) groups is 1. The number of aromatic nitrogens is 2. The minimum atomic E-state index is -1.95. The van der Waals surface area contributed by atoms with E-state index in [-0.39, 0.29) is 31.6 Å². The first kappa shape index (κ1) is 28.6. The molecular formula is C31H31GeIrN2O2-. The average Bonchev–Trinajstić information content (AvgIpc) is 3.17. The van der Waals surface area contributed by atoms with E-state index >= 15 is 0 Å². The van der Waals surface area contributed by atoms with Gasteiger partial charge in [-0.25, -0.2) is 0 Å². The van der Waals surface area contributed by atoms with E-state index in [0.29, 0.717) is 0 Å². The summed E-state index contributed by atoms with van der Waals surface area (Å²) in [5, 5.41) is 10.9.